The molecule has 0 saturated carbocycles. The Bertz CT molecular complexity index is 674. The number of Topliss-reactive ketones (excluding diaryl/α,β-unsaturated/α-hetero) is 2. The van der Waals surface area contributed by atoms with Crippen molar-refractivity contribution in [2.45, 2.75) is 123 Å². The Hall–Kier alpha value is -1.98. The molecule has 1 atom stereocenters. The molecule has 6 heteroatoms. The molecule has 0 saturated heterocycles. The standard InChI is InChI=1S/C27H45NO5/c1-5-6-7-8-9-10-11-12-13-14-15-17-21-25(31)22(20-23(29)26(21)32)28-19-16-18-24(30)33-27(2,3)4/h20-21,28H,5-19H2,1-4H3. The first-order valence-corrected chi connectivity index (χ1v) is 13.0. The number of hydrogen-bond donors (Lipinski definition) is 1. The maximum atomic E-state index is 12.7. The fourth-order valence-corrected chi connectivity index (χ4v) is 4.01. The highest BCUT2D eigenvalue weighted by molar-refractivity contribution is 6.49. The number of allylic oxidation sites excluding steroid dienone is 2. The number of ketones is 3. The molecule has 6 nitrogen and oxygen atoms in total. The number of carbonyl (C=O) groups excluding carboxylic acids is 4. The molecule has 0 aromatic carbocycles. The van der Waals surface area contributed by atoms with Crippen molar-refractivity contribution < 1.29 is 23.9 Å². The summed E-state index contributed by atoms with van der Waals surface area (Å²) in [5.74, 6) is -2.67. The molecule has 188 valence electrons. The number of nitrogens with one attached hydrogen (secondary N) is 1. The largest absolute Gasteiger partial charge is 0.460 e. The molecule has 0 bridgehead atoms. The lowest BCUT2D eigenvalue weighted by molar-refractivity contribution is -0.154. The van der Waals surface area contributed by atoms with Gasteiger partial charge in [-0.25, -0.2) is 0 Å². The summed E-state index contributed by atoms with van der Waals surface area (Å²) in [5, 5.41) is 2.94. The third-order valence-corrected chi connectivity index (χ3v) is 5.81. The first kappa shape index (κ1) is 29.1. The highest BCUT2D eigenvalue weighted by atomic mass is 16.6. The second kappa shape index (κ2) is 15.8. The van der Waals surface area contributed by atoms with E-state index in [1.54, 1.807) is 0 Å². The van der Waals surface area contributed by atoms with Crippen LogP contribution in [0.2, 0.25) is 0 Å². The first-order valence-electron chi connectivity index (χ1n) is 13.0. The smallest absolute Gasteiger partial charge is 0.306 e. The van der Waals surface area contributed by atoms with Crippen molar-refractivity contribution in [2.75, 3.05) is 6.54 Å². The van der Waals surface area contributed by atoms with Crippen LogP contribution in [0, 0.1) is 5.92 Å². The van der Waals surface area contributed by atoms with Gasteiger partial charge in [0.2, 0.25) is 11.6 Å². The first-order chi connectivity index (χ1) is 15.7. The monoisotopic (exact) mass is 463 g/mol. The third kappa shape index (κ3) is 12.7. The molecular formula is C27H45NO5. The molecule has 0 fully saturated rings. The fourth-order valence-electron chi connectivity index (χ4n) is 4.01. The molecule has 0 amide bonds. The molecule has 0 aliphatic heterocycles. The summed E-state index contributed by atoms with van der Waals surface area (Å²) in [6.07, 6.45) is 15.4. The van der Waals surface area contributed by atoms with Crippen LogP contribution in [0.3, 0.4) is 0 Å². The number of esters is 1. The number of unbranched alkanes of at least 4 members (excludes halogenated alkanes) is 10. The maximum absolute atomic E-state index is 12.7. The van der Waals surface area contributed by atoms with Gasteiger partial charge in [-0.05, 0) is 33.6 Å². The Labute approximate surface area is 200 Å². The third-order valence-electron chi connectivity index (χ3n) is 5.81. The molecular weight excluding hydrogens is 418 g/mol. The second-order valence-electron chi connectivity index (χ2n) is 10.1. The van der Waals surface area contributed by atoms with E-state index in [0.29, 0.717) is 19.4 Å². The number of rotatable bonds is 17. The van der Waals surface area contributed by atoms with Crippen LogP contribution in [0.5, 0.6) is 0 Å². The van der Waals surface area contributed by atoms with Gasteiger partial charge in [0.1, 0.15) is 5.60 Å². The molecule has 0 heterocycles. The van der Waals surface area contributed by atoms with Crippen LogP contribution in [0.15, 0.2) is 11.8 Å². The Morgan fingerprint density at radius 2 is 1.39 bits per heavy atom. The SMILES string of the molecule is CCCCCCCCCCCCCC1C(=O)C(=O)C=C(NCCCC(=O)OC(C)(C)C)C1=O. The second-order valence-corrected chi connectivity index (χ2v) is 10.1. The normalized spacial score (nSPS) is 16.7. The van der Waals surface area contributed by atoms with Crippen molar-refractivity contribution >= 4 is 23.3 Å². The number of carbonyl (C=O) groups is 4. The summed E-state index contributed by atoms with van der Waals surface area (Å²) < 4.78 is 5.26. The van der Waals surface area contributed by atoms with E-state index < -0.39 is 23.1 Å². The van der Waals surface area contributed by atoms with Crippen LogP contribution in [-0.2, 0) is 23.9 Å². The minimum atomic E-state index is -0.866. The van der Waals surface area contributed by atoms with Crippen LogP contribution in [0.25, 0.3) is 0 Å². The van der Waals surface area contributed by atoms with Crippen molar-refractivity contribution in [3.8, 4) is 0 Å². The lowest BCUT2D eigenvalue weighted by atomic mass is 9.84. The van der Waals surface area contributed by atoms with Gasteiger partial charge >= 0.3 is 5.97 Å². The predicted molar refractivity (Wildman–Crippen MR) is 131 cm³/mol. The van der Waals surface area contributed by atoms with Crippen molar-refractivity contribution in [3.05, 3.63) is 11.8 Å². The molecule has 33 heavy (non-hydrogen) atoms. The molecule has 1 N–H and O–H groups in total. The van der Waals surface area contributed by atoms with E-state index >= 15 is 0 Å². The zero-order chi connectivity index (χ0) is 24.7. The van der Waals surface area contributed by atoms with Crippen molar-refractivity contribution in [2.24, 2.45) is 5.92 Å². The molecule has 0 aromatic rings. The van der Waals surface area contributed by atoms with E-state index in [2.05, 4.69) is 12.2 Å². The van der Waals surface area contributed by atoms with Gasteiger partial charge in [-0.1, -0.05) is 77.6 Å². The van der Waals surface area contributed by atoms with E-state index in [9.17, 15) is 19.2 Å². The zero-order valence-corrected chi connectivity index (χ0v) is 21.3. The summed E-state index contributed by atoms with van der Waals surface area (Å²) >= 11 is 0. The molecule has 0 aromatic heterocycles. The molecule has 1 aliphatic carbocycles. The van der Waals surface area contributed by atoms with Crippen LogP contribution in [-0.4, -0.2) is 35.5 Å². The Kier molecular flexibility index (Phi) is 13.9. The topological polar surface area (TPSA) is 89.5 Å². The van der Waals surface area contributed by atoms with Gasteiger partial charge < -0.3 is 10.1 Å². The van der Waals surface area contributed by atoms with E-state index in [-0.39, 0.29) is 23.9 Å². The number of hydrogen-bond acceptors (Lipinski definition) is 6. The fraction of sp³-hybridized carbons (Fsp3) is 0.778. The molecule has 1 aliphatic rings. The highest BCUT2D eigenvalue weighted by Crippen LogP contribution is 2.21. The van der Waals surface area contributed by atoms with Crippen molar-refractivity contribution in [3.63, 3.8) is 0 Å². The molecule has 0 radical (unpaired) electrons. The predicted octanol–water partition coefficient (Wildman–Crippen LogP) is 5.62. The summed E-state index contributed by atoms with van der Waals surface area (Å²) in [7, 11) is 0. The average molecular weight is 464 g/mol. The van der Waals surface area contributed by atoms with Gasteiger partial charge in [0, 0.05) is 19.0 Å². The summed E-state index contributed by atoms with van der Waals surface area (Å²) in [4.78, 5) is 48.8. The van der Waals surface area contributed by atoms with E-state index in [4.69, 9.17) is 4.74 Å². The summed E-state index contributed by atoms with van der Waals surface area (Å²) in [6.45, 7) is 8.03. The average Bonchev–Trinajstić information content (AvgIpc) is 2.73. The summed E-state index contributed by atoms with van der Waals surface area (Å²) in [5.41, 5.74) is -0.336. The Balaban J connectivity index is 2.27. The van der Waals surface area contributed by atoms with E-state index in [1.165, 1.54) is 51.4 Å². The molecule has 1 rings (SSSR count). The van der Waals surface area contributed by atoms with Gasteiger partial charge in [-0.3, -0.25) is 19.2 Å². The summed E-state index contributed by atoms with van der Waals surface area (Å²) in [6, 6.07) is 0. The van der Waals surface area contributed by atoms with Crippen molar-refractivity contribution in [1.29, 1.82) is 0 Å². The minimum absolute atomic E-state index is 0.192. The van der Waals surface area contributed by atoms with Gasteiger partial charge in [-0.15, -0.1) is 0 Å². The van der Waals surface area contributed by atoms with Crippen LogP contribution in [0.1, 0.15) is 118 Å². The van der Waals surface area contributed by atoms with Gasteiger partial charge in [0.15, 0.2) is 5.78 Å². The quantitative estimate of drug-likeness (QED) is 0.130. The van der Waals surface area contributed by atoms with E-state index in [1.807, 2.05) is 20.8 Å². The number of ether oxygens (including phenoxy) is 1. The maximum Gasteiger partial charge on any atom is 0.306 e. The van der Waals surface area contributed by atoms with Crippen molar-refractivity contribution in [1.82, 2.24) is 5.32 Å². The van der Waals surface area contributed by atoms with Gasteiger partial charge in [0.05, 0.1) is 11.6 Å². The zero-order valence-electron chi connectivity index (χ0n) is 21.3. The van der Waals surface area contributed by atoms with Gasteiger partial charge in [-0.2, -0.15) is 0 Å². The molecule has 1 unspecified atom stereocenters. The lowest BCUT2D eigenvalue weighted by Gasteiger charge is -2.21. The van der Waals surface area contributed by atoms with Crippen LogP contribution < -0.4 is 5.32 Å². The Morgan fingerprint density at radius 1 is 0.848 bits per heavy atom. The van der Waals surface area contributed by atoms with Crippen LogP contribution in [0.4, 0.5) is 0 Å². The van der Waals surface area contributed by atoms with E-state index in [0.717, 1.165) is 25.3 Å². The van der Waals surface area contributed by atoms with Crippen LogP contribution >= 0.6 is 0 Å². The highest BCUT2D eigenvalue weighted by Gasteiger charge is 2.36. The molecule has 0 spiro atoms. The minimum Gasteiger partial charge on any atom is -0.460 e. The van der Waals surface area contributed by atoms with Gasteiger partial charge in [0.25, 0.3) is 0 Å². The Morgan fingerprint density at radius 3 is 1.94 bits per heavy atom. The lowest BCUT2D eigenvalue weighted by Crippen LogP contribution is -2.39.